The maximum Gasteiger partial charge on any atom is 0.308 e. The van der Waals surface area contributed by atoms with Crippen molar-refractivity contribution in [2.24, 2.45) is 17.8 Å². The van der Waals surface area contributed by atoms with Gasteiger partial charge in [0.25, 0.3) is 5.91 Å². The largest absolute Gasteiger partial charge is 0.481 e. The van der Waals surface area contributed by atoms with Gasteiger partial charge in [-0.2, -0.15) is 0 Å². The fourth-order valence-corrected chi connectivity index (χ4v) is 3.69. The lowest BCUT2D eigenvalue weighted by Crippen LogP contribution is -2.30. The number of carboxylic acid groups (broad SMARTS) is 1. The van der Waals surface area contributed by atoms with Gasteiger partial charge in [-0.15, -0.1) is 0 Å². The second-order valence-corrected chi connectivity index (χ2v) is 6.40. The van der Waals surface area contributed by atoms with Crippen LogP contribution in [0.5, 0.6) is 0 Å². The number of H-pyrrole nitrogens is 1. The molecule has 1 saturated heterocycles. The Bertz CT molecular complexity index is 747. The highest BCUT2D eigenvalue weighted by molar-refractivity contribution is 6.05. The summed E-state index contributed by atoms with van der Waals surface area (Å²) < 4.78 is 0. The van der Waals surface area contributed by atoms with Gasteiger partial charge in [0.1, 0.15) is 0 Å². The van der Waals surface area contributed by atoms with Crippen LogP contribution in [0.4, 0.5) is 0 Å². The molecule has 1 amide bonds. The Morgan fingerprint density at radius 2 is 2.00 bits per heavy atom. The average Bonchev–Trinajstić information content (AvgIpc) is 3.08. The number of hydrogen-bond acceptors (Lipinski definition) is 2. The topological polar surface area (TPSA) is 73.4 Å². The number of fused-ring (bicyclic) bond motifs is 1. The van der Waals surface area contributed by atoms with Gasteiger partial charge in [0.05, 0.1) is 17.0 Å². The summed E-state index contributed by atoms with van der Waals surface area (Å²) >= 11 is 0. The lowest BCUT2D eigenvalue weighted by Gasteiger charge is -2.16. The molecule has 2 fully saturated rings. The molecule has 2 atom stereocenters. The molecule has 2 aliphatic rings. The summed E-state index contributed by atoms with van der Waals surface area (Å²) in [5, 5.41) is 10.4. The Kier molecular flexibility index (Phi) is 2.96. The molecule has 114 valence electrons. The predicted octanol–water partition coefficient (Wildman–Crippen LogP) is 2.35. The SMILES string of the molecule is O=C(O)[C@H]1CN(C(=O)c2cccc3cc[nH]c23)C[C@@H]1C1CC1. The number of aliphatic carboxylic acids is 1. The molecule has 1 aromatic heterocycles. The zero-order chi connectivity index (χ0) is 15.3. The first-order valence-corrected chi connectivity index (χ1v) is 7.73. The van der Waals surface area contributed by atoms with Crippen LogP contribution >= 0.6 is 0 Å². The van der Waals surface area contributed by atoms with Crippen molar-refractivity contribution in [3.8, 4) is 0 Å². The van der Waals surface area contributed by atoms with Crippen LogP contribution in [-0.2, 0) is 4.79 Å². The fraction of sp³-hybridized carbons (Fsp3) is 0.412. The fourth-order valence-electron chi connectivity index (χ4n) is 3.69. The van der Waals surface area contributed by atoms with Gasteiger partial charge in [-0.3, -0.25) is 9.59 Å². The molecule has 1 saturated carbocycles. The summed E-state index contributed by atoms with van der Waals surface area (Å²) in [7, 11) is 0. The lowest BCUT2D eigenvalue weighted by molar-refractivity contribution is -0.142. The second-order valence-electron chi connectivity index (χ2n) is 6.40. The third-order valence-corrected chi connectivity index (χ3v) is 5.01. The van der Waals surface area contributed by atoms with Crippen molar-refractivity contribution in [2.45, 2.75) is 12.8 Å². The zero-order valence-corrected chi connectivity index (χ0v) is 12.2. The Morgan fingerprint density at radius 3 is 2.73 bits per heavy atom. The molecule has 2 N–H and O–H groups in total. The number of hydrogen-bond donors (Lipinski definition) is 2. The molecule has 2 aromatic rings. The van der Waals surface area contributed by atoms with Crippen molar-refractivity contribution in [1.29, 1.82) is 0 Å². The number of aromatic nitrogens is 1. The standard InChI is InChI=1S/C17H18N2O3/c20-16(12-3-1-2-11-6-7-18-15(11)12)19-8-13(10-4-5-10)14(9-19)17(21)22/h1-3,6-7,10,13-14,18H,4-5,8-9H2,(H,21,22)/t13-,14+/m1/s1. The molecule has 5 nitrogen and oxygen atoms in total. The molecule has 1 aromatic carbocycles. The van der Waals surface area contributed by atoms with Crippen LogP contribution in [0.3, 0.4) is 0 Å². The van der Waals surface area contributed by atoms with Crippen LogP contribution in [0, 0.1) is 17.8 Å². The molecule has 0 unspecified atom stereocenters. The number of carbonyl (C=O) groups is 2. The summed E-state index contributed by atoms with van der Waals surface area (Å²) in [5.41, 5.74) is 1.46. The monoisotopic (exact) mass is 298 g/mol. The third kappa shape index (κ3) is 2.08. The van der Waals surface area contributed by atoms with Gasteiger partial charge in [0.2, 0.25) is 0 Å². The summed E-state index contributed by atoms with van der Waals surface area (Å²) in [4.78, 5) is 29.1. The Morgan fingerprint density at radius 1 is 1.18 bits per heavy atom. The van der Waals surface area contributed by atoms with E-state index in [1.807, 2.05) is 24.4 Å². The van der Waals surface area contributed by atoms with E-state index >= 15 is 0 Å². The summed E-state index contributed by atoms with van der Waals surface area (Å²) in [5.74, 6) is -0.656. The van der Waals surface area contributed by atoms with Gasteiger partial charge >= 0.3 is 5.97 Å². The number of para-hydroxylation sites is 1. The molecule has 0 bridgehead atoms. The van der Waals surface area contributed by atoms with Crippen molar-refractivity contribution in [3.63, 3.8) is 0 Å². The number of carbonyl (C=O) groups excluding carboxylic acids is 1. The second kappa shape index (κ2) is 4.87. The van der Waals surface area contributed by atoms with E-state index < -0.39 is 11.9 Å². The van der Waals surface area contributed by atoms with Crippen LogP contribution in [0.1, 0.15) is 23.2 Å². The number of benzene rings is 1. The maximum atomic E-state index is 12.8. The molecule has 1 aliphatic heterocycles. The minimum absolute atomic E-state index is 0.0672. The molecule has 5 heteroatoms. The molecule has 0 radical (unpaired) electrons. The van der Waals surface area contributed by atoms with Gasteiger partial charge in [-0.1, -0.05) is 12.1 Å². The van der Waals surface area contributed by atoms with Crippen molar-refractivity contribution >= 4 is 22.8 Å². The number of aromatic amines is 1. The van der Waals surface area contributed by atoms with E-state index in [0.29, 0.717) is 24.6 Å². The highest BCUT2D eigenvalue weighted by atomic mass is 16.4. The number of nitrogens with one attached hydrogen (secondary N) is 1. The van der Waals surface area contributed by atoms with Gasteiger partial charge in [0.15, 0.2) is 0 Å². The van der Waals surface area contributed by atoms with Crippen molar-refractivity contribution in [3.05, 3.63) is 36.0 Å². The molecule has 0 spiro atoms. The van der Waals surface area contributed by atoms with Gasteiger partial charge in [0, 0.05) is 24.7 Å². The summed E-state index contributed by atoms with van der Waals surface area (Å²) in [6.45, 7) is 0.893. The van der Waals surface area contributed by atoms with E-state index in [0.717, 1.165) is 23.7 Å². The van der Waals surface area contributed by atoms with E-state index in [4.69, 9.17) is 0 Å². The quantitative estimate of drug-likeness (QED) is 0.913. The maximum absolute atomic E-state index is 12.8. The highest BCUT2D eigenvalue weighted by Crippen LogP contribution is 2.44. The Hall–Kier alpha value is -2.30. The number of rotatable bonds is 3. The van der Waals surface area contributed by atoms with E-state index in [9.17, 15) is 14.7 Å². The Labute approximate surface area is 127 Å². The molecule has 4 rings (SSSR count). The third-order valence-electron chi connectivity index (χ3n) is 5.01. The first-order chi connectivity index (χ1) is 10.6. The predicted molar refractivity (Wildman–Crippen MR) is 81.5 cm³/mol. The van der Waals surface area contributed by atoms with Crippen LogP contribution < -0.4 is 0 Å². The van der Waals surface area contributed by atoms with Gasteiger partial charge in [-0.05, 0) is 36.8 Å². The lowest BCUT2D eigenvalue weighted by atomic mass is 9.92. The van der Waals surface area contributed by atoms with Gasteiger partial charge in [-0.25, -0.2) is 0 Å². The molecule has 1 aliphatic carbocycles. The smallest absolute Gasteiger partial charge is 0.308 e. The van der Waals surface area contributed by atoms with Crippen molar-refractivity contribution in [1.82, 2.24) is 9.88 Å². The van der Waals surface area contributed by atoms with Crippen LogP contribution in [-0.4, -0.2) is 40.0 Å². The van der Waals surface area contributed by atoms with Crippen molar-refractivity contribution in [2.75, 3.05) is 13.1 Å². The molecular formula is C17H18N2O3. The molecule has 2 heterocycles. The zero-order valence-electron chi connectivity index (χ0n) is 12.2. The number of likely N-dealkylation sites (tertiary alicyclic amines) is 1. The Balaban J connectivity index is 1.63. The number of carboxylic acids is 1. The molecule has 22 heavy (non-hydrogen) atoms. The summed E-state index contributed by atoms with van der Waals surface area (Å²) in [6, 6.07) is 7.57. The normalized spacial score (nSPS) is 24.8. The van der Waals surface area contributed by atoms with Crippen LogP contribution in [0.25, 0.3) is 10.9 Å². The van der Waals surface area contributed by atoms with E-state index in [-0.39, 0.29) is 11.8 Å². The average molecular weight is 298 g/mol. The molecular weight excluding hydrogens is 280 g/mol. The van der Waals surface area contributed by atoms with E-state index in [1.165, 1.54) is 0 Å². The number of amides is 1. The van der Waals surface area contributed by atoms with Gasteiger partial charge < -0.3 is 15.0 Å². The van der Waals surface area contributed by atoms with Crippen LogP contribution in [0.2, 0.25) is 0 Å². The first-order valence-electron chi connectivity index (χ1n) is 7.73. The minimum Gasteiger partial charge on any atom is -0.481 e. The van der Waals surface area contributed by atoms with Crippen molar-refractivity contribution < 1.29 is 14.7 Å². The summed E-state index contributed by atoms with van der Waals surface area (Å²) in [6.07, 6.45) is 4.02. The minimum atomic E-state index is -0.773. The number of nitrogens with zero attached hydrogens (tertiary/aromatic N) is 1. The highest BCUT2D eigenvalue weighted by Gasteiger charge is 2.47. The first kappa shape index (κ1) is 13.4. The van der Waals surface area contributed by atoms with E-state index in [2.05, 4.69) is 4.98 Å². The van der Waals surface area contributed by atoms with E-state index in [1.54, 1.807) is 11.0 Å². The van der Waals surface area contributed by atoms with Crippen LogP contribution in [0.15, 0.2) is 30.5 Å².